The van der Waals surface area contributed by atoms with Gasteiger partial charge in [0.05, 0.1) is 6.33 Å². The van der Waals surface area contributed by atoms with Crippen molar-refractivity contribution in [2.24, 2.45) is 5.92 Å². The van der Waals surface area contributed by atoms with E-state index in [2.05, 4.69) is 21.9 Å². The predicted molar refractivity (Wildman–Crippen MR) is 93.7 cm³/mol. The maximum Gasteiger partial charge on any atom is 0.320 e. The van der Waals surface area contributed by atoms with Crippen molar-refractivity contribution in [3.05, 3.63) is 6.33 Å². The van der Waals surface area contributed by atoms with Crippen molar-refractivity contribution in [2.75, 3.05) is 12.4 Å². The Morgan fingerprint density at radius 3 is 2.67 bits per heavy atom. The van der Waals surface area contributed by atoms with Crippen LogP contribution in [0, 0.1) is 5.92 Å². The van der Waals surface area contributed by atoms with E-state index in [1.165, 1.54) is 10.9 Å². The zero-order valence-corrected chi connectivity index (χ0v) is 15.0. The topological polar surface area (TPSA) is 129 Å². The summed E-state index contributed by atoms with van der Waals surface area (Å²) in [6.45, 7) is 1.31. The molecule has 10 heteroatoms. The second kappa shape index (κ2) is 7.17. The molecule has 2 fully saturated rings. The van der Waals surface area contributed by atoms with Crippen LogP contribution >= 0.6 is 0 Å². The van der Waals surface area contributed by atoms with E-state index >= 15 is 0 Å². The Hall–Kier alpha value is -2.04. The van der Waals surface area contributed by atoms with Crippen molar-refractivity contribution in [3.8, 4) is 6.01 Å². The molecule has 1 aliphatic carbocycles. The van der Waals surface area contributed by atoms with E-state index in [-0.39, 0.29) is 17.9 Å². The fourth-order valence-electron chi connectivity index (χ4n) is 3.74. The van der Waals surface area contributed by atoms with Crippen molar-refractivity contribution in [2.45, 2.75) is 63.3 Å². The third-order valence-corrected chi connectivity index (χ3v) is 5.43. The van der Waals surface area contributed by atoms with Gasteiger partial charge in [-0.25, -0.2) is 9.37 Å². The summed E-state index contributed by atoms with van der Waals surface area (Å²) in [4.78, 5) is 12.7. The van der Waals surface area contributed by atoms with Crippen LogP contribution in [0.25, 0.3) is 11.2 Å². The molecule has 2 aromatic rings. The summed E-state index contributed by atoms with van der Waals surface area (Å²) in [5, 5.41) is 20.1. The number of nitrogens with zero attached hydrogens (tertiary/aromatic N) is 4. The lowest BCUT2D eigenvalue weighted by atomic mass is 9.89. The number of fused-ring (bicyclic) bond motifs is 1. The number of nitrogen functional groups attached to an aromatic ring is 1. The van der Waals surface area contributed by atoms with Crippen molar-refractivity contribution < 1.29 is 24.1 Å². The first kappa shape index (κ1) is 18.3. The molecule has 148 valence electrons. The fourth-order valence-corrected chi connectivity index (χ4v) is 3.74. The number of ether oxygens (including phenoxy) is 2. The molecule has 0 radical (unpaired) electrons. The van der Waals surface area contributed by atoms with E-state index < -0.39 is 31.2 Å². The number of rotatable bonds is 4. The Labute approximate surface area is 155 Å². The largest absolute Gasteiger partial charge is 0.460 e. The van der Waals surface area contributed by atoms with E-state index in [9.17, 15) is 14.6 Å². The number of aliphatic hydroxyl groups is 2. The predicted octanol–water partition coefficient (Wildman–Crippen LogP) is 0.955. The van der Waals surface area contributed by atoms with Gasteiger partial charge >= 0.3 is 6.01 Å². The van der Waals surface area contributed by atoms with Gasteiger partial charge in [-0.3, -0.25) is 4.57 Å². The number of alkyl halides is 1. The number of halogens is 1. The highest BCUT2D eigenvalue weighted by Gasteiger charge is 2.44. The number of aromatic nitrogens is 4. The van der Waals surface area contributed by atoms with E-state index in [4.69, 9.17) is 15.2 Å². The third kappa shape index (κ3) is 3.32. The van der Waals surface area contributed by atoms with E-state index in [0.717, 1.165) is 25.7 Å². The lowest BCUT2D eigenvalue weighted by Gasteiger charge is -2.26. The second-order valence-electron chi connectivity index (χ2n) is 7.42. The minimum Gasteiger partial charge on any atom is -0.460 e. The SMILES string of the molecule is CC1CCC(Oc2nc(N)c3ncn([C@@H]4O[C@H](CF)[C@@H](O)[C@H]4O)c3n2)CC1. The first-order chi connectivity index (χ1) is 13.0. The zero-order valence-electron chi connectivity index (χ0n) is 15.0. The van der Waals surface area contributed by atoms with E-state index in [1.54, 1.807) is 0 Å². The average Bonchev–Trinajstić information content (AvgIpc) is 3.19. The van der Waals surface area contributed by atoms with Crippen LogP contribution in [-0.2, 0) is 4.74 Å². The van der Waals surface area contributed by atoms with E-state index in [1.807, 2.05) is 0 Å². The highest BCUT2D eigenvalue weighted by molar-refractivity contribution is 5.82. The smallest absolute Gasteiger partial charge is 0.320 e. The normalized spacial score (nSPS) is 34.2. The number of anilines is 1. The van der Waals surface area contributed by atoms with Crippen LogP contribution in [0.15, 0.2) is 6.33 Å². The van der Waals surface area contributed by atoms with Crippen LogP contribution in [0.1, 0.15) is 38.8 Å². The Balaban J connectivity index is 1.62. The summed E-state index contributed by atoms with van der Waals surface area (Å²) in [7, 11) is 0. The molecule has 9 nitrogen and oxygen atoms in total. The summed E-state index contributed by atoms with van der Waals surface area (Å²) >= 11 is 0. The summed E-state index contributed by atoms with van der Waals surface area (Å²) in [6.07, 6.45) is 0.650. The van der Waals surface area contributed by atoms with E-state index in [0.29, 0.717) is 17.1 Å². The number of nitrogens with two attached hydrogens (primary N) is 1. The van der Waals surface area contributed by atoms with Crippen molar-refractivity contribution in [3.63, 3.8) is 0 Å². The van der Waals surface area contributed by atoms with Crippen molar-refractivity contribution in [1.82, 2.24) is 19.5 Å². The number of hydrogen-bond donors (Lipinski definition) is 3. The van der Waals surface area contributed by atoms with Gasteiger partial charge in [0.1, 0.15) is 31.1 Å². The van der Waals surface area contributed by atoms with Crippen LogP contribution in [0.5, 0.6) is 6.01 Å². The molecule has 1 saturated heterocycles. The highest BCUT2D eigenvalue weighted by Crippen LogP contribution is 2.33. The Morgan fingerprint density at radius 1 is 1.26 bits per heavy atom. The van der Waals surface area contributed by atoms with Gasteiger partial charge in [0.15, 0.2) is 23.2 Å². The standard InChI is InChI=1S/C17H24FN5O4/c1-8-2-4-9(5-3-8)26-17-21-14(19)11-15(22-17)23(7-20-11)16-13(25)12(24)10(6-18)27-16/h7-10,12-13,16,24-25H,2-6H2,1H3,(H2,19,21,22)/t8?,9?,10-,12-,13-,16-/m1/s1. The molecule has 0 bridgehead atoms. The molecule has 27 heavy (non-hydrogen) atoms. The van der Waals surface area contributed by atoms with Gasteiger partial charge in [-0.2, -0.15) is 9.97 Å². The van der Waals surface area contributed by atoms with Crippen LogP contribution in [0.4, 0.5) is 10.2 Å². The van der Waals surface area contributed by atoms with Crippen molar-refractivity contribution in [1.29, 1.82) is 0 Å². The molecule has 0 aromatic carbocycles. The minimum absolute atomic E-state index is 0.0282. The fraction of sp³-hybridized carbons (Fsp3) is 0.706. The highest BCUT2D eigenvalue weighted by atomic mass is 19.1. The van der Waals surface area contributed by atoms with Gasteiger partial charge in [-0.15, -0.1) is 0 Å². The quantitative estimate of drug-likeness (QED) is 0.714. The summed E-state index contributed by atoms with van der Waals surface area (Å²) in [5.74, 6) is 0.837. The van der Waals surface area contributed by atoms with Crippen LogP contribution in [-0.4, -0.2) is 60.8 Å². The molecule has 0 unspecified atom stereocenters. The molecular weight excluding hydrogens is 357 g/mol. The minimum atomic E-state index is -1.34. The maximum atomic E-state index is 13.0. The Morgan fingerprint density at radius 2 is 2.00 bits per heavy atom. The molecule has 1 aliphatic heterocycles. The summed E-state index contributed by atoms with van der Waals surface area (Å²) < 4.78 is 25.8. The Bertz CT molecular complexity index is 810. The van der Waals surface area contributed by atoms with Gasteiger partial charge in [0.2, 0.25) is 0 Å². The lowest BCUT2D eigenvalue weighted by molar-refractivity contribution is -0.0409. The zero-order chi connectivity index (χ0) is 19.1. The third-order valence-electron chi connectivity index (χ3n) is 5.43. The molecule has 2 aliphatic rings. The van der Waals surface area contributed by atoms with Crippen molar-refractivity contribution >= 4 is 17.0 Å². The van der Waals surface area contributed by atoms with Gasteiger partial charge in [-0.1, -0.05) is 6.92 Å². The second-order valence-corrected chi connectivity index (χ2v) is 7.42. The first-order valence-corrected chi connectivity index (χ1v) is 9.22. The first-order valence-electron chi connectivity index (χ1n) is 9.22. The van der Waals surface area contributed by atoms with Gasteiger partial charge < -0.3 is 25.4 Å². The molecule has 1 saturated carbocycles. The van der Waals surface area contributed by atoms with Crippen LogP contribution < -0.4 is 10.5 Å². The molecule has 4 rings (SSSR count). The number of hydrogen-bond acceptors (Lipinski definition) is 8. The van der Waals surface area contributed by atoms with Gasteiger partial charge in [-0.05, 0) is 31.6 Å². The summed E-state index contributed by atoms with van der Waals surface area (Å²) in [6, 6.07) is 0.136. The molecule has 4 atom stereocenters. The summed E-state index contributed by atoms with van der Waals surface area (Å²) in [5.41, 5.74) is 6.62. The molecule has 0 spiro atoms. The average molecular weight is 381 g/mol. The Kier molecular flexibility index (Phi) is 4.87. The van der Waals surface area contributed by atoms with Gasteiger partial charge in [0, 0.05) is 0 Å². The lowest BCUT2D eigenvalue weighted by Crippen LogP contribution is -2.32. The number of imidazole rings is 1. The molecule has 0 amide bonds. The molecular formula is C17H24FN5O4. The van der Waals surface area contributed by atoms with Crippen LogP contribution in [0.3, 0.4) is 0 Å². The van der Waals surface area contributed by atoms with Crippen LogP contribution in [0.2, 0.25) is 0 Å². The number of aliphatic hydroxyl groups excluding tert-OH is 2. The molecule has 4 N–H and O–H groups in total. The monoisotopic (exact) mass is 381 g/mol. The molecule has 3 heterocycles. The maximum absolute atomic E-state index is 13.0. The molecule has 2 aromatic heterocycles. The van der Waals surface area contributed by atoms with Gasteiger partial charge in [0.25, 0.3) is 0 Å².